The molecule has 0 spiro atoms. The van der Waals surface area contributed by atoms with Gasteiger partial charge in [-0.25, -0.2) is 28.1 Å². The molecule has 2 heterocycles. The molecule has 0 amide bonds. The lowest BCUT2D eigenvalue weighted by Gasteiger charge is -2.20. The van der Waals surface area contributed by atoms with Gasteiger partial charge in [-0.2, -0.15) is 0 Å². The summed E-state index contributed by atoms with van der Waals surface area (Å²) in [6.07, 6.45) is 2.03. The molecule has 0 bridgehead atoms. The standard InChI is InChI=1S/C25H30N6O4S2/c1-25(2,3)30-37(32,33)18-9-6-16(7-10-18)12-13-31-23-21(22(26)27-15-28-23)29-24(31)36-20-14-17(34-4)8-11-19(20)35-5/h6-11,14-15,30H,12-13H2,1-5H3,(H2,26,27,28). The van der Waals surface area contributed by atoms with E-state index < -0.39 is 15.6 Å². The Kier molecular flexibility index (Phi) is 7.62. The molecule has 0 saturated carbocycles. The Hall–Kier alpha value is -3.35. The summed E-state index contributed by atoms with van der Waals surface area (Å²) in [5, 5.41) is 0.669. The zero-order valence-electron chi connectivity index (χ0n) is 21.3. The molecule has 2 aromatic carbocycles. The lowest BCUT2D eigenvalue weighted by molar-refractivity contribution is 0.394. The largest absolute Gasteiger partial charge is 0.497 e. The average Bonchev–Trinajstić information content (AvgIpc) is 3.19. The maximum atomic E-state index is 12.6. The van der Waals surface area contributed by atoms with Crippen LogP contribution in [0.4, 0.5) is 5.82 Å². The van der Waals surface area contributed by atoms with Gasteiger partial charge < -0.3 is 19.8 Å². The number of sulfonamides is 1. The first-order valence-electron chi connectivity index (χ1n) is 11.5. The molecule has 3 N–H and O–H groups in total. The quantitative estimate of drug-likeness (QED) is 0.323. The predicted molar refractivity (Wildman–Crippen MR) is 144 cm³/mol. The Labute approximate surface area is 220 Å². The highest BCUT2D eigenvalue weighted by Gasteiger charge is 2.22. The summed E-state index contributed by atoms with van der Waals surface area (Å²) in [6.45, 7) is 5.96. The van der Waals surface area contributed by atoms with Gasteiger partial charge in [0.15, 0.2) is 22.1 Å². The van der Waals surface area contributed by atoms with E-state index in [1.807, 2.05) is 34.9 Å². The van der Waals surface area contributed by atoms with Crippen molar-refractivity contribution in [3.8, 4) is 11.5 Å². The second-order valence-electron chi connectivity index (χ2n) is 9.35. The van der Waals surface area contributed by atoms with Gasteiger partial charge in [-0.05, 0) is 74.8 Å². The number of aryl methyl sites for hydroxylation is 2. The van der Waals surface area contributed by atoms with Gasteiger partial charge in [0.1, 0.15) is 17.8 Å². The monoisotopic (exact) mass is 542 g/mol. The van der Waals surface area contributed by atoms with Crippen LogP contribution in [0.15, 0.2) is 63.7 Å². The van der Waals surface area contributed by atoms with Crippen molar-refractivity contribution in [2.24, 2.45) is 0 Å². The minimum absolute atomic E-state index is 0.223. The SMILES string of the molecule is COc1ccc(OC)c(Sc2nc3c(N)ncnc3n2CCc2ccc(S(=O)(=O)NC(C)(C)C)cc2)c1. The number of rotatable bonds is 9. The van der Waals surface area contributed by atoms with Crippen molar-refractivity contribution < 1.29 is 17.9 Å². The number of benzene rings is 2. The van der Waals surface area contributed by atoms with Crippen LogP contribution in [0, 0.1) is 0 Å². The number of nitrogen functional groups attached to an aromatic ring is 1. The number of hydrogen-bond donors (Lipinski definition) is 2. The van der Waals surface area contributed by atoms with E-state index in [1.165, 1.54) is 18.1 Å². The third kappa shape index (κ3) is 6.14. The number of nitrogens with two attached hydrogens (primary N) is 1. The fraction of sp³-hybridized carbons (Fsp3) is 0.320. The summed E-state index contributed by atoms with van der Waals surface area (Å²) in [6, 6.07) is 12.4. The Morgan fingerprint density at radius 2 is 1.78 bits per heavy atom. The topological polar surface area (TPSA) is 134 Å². The molecular formula is C25H30N6O4S2. The summed E-state index contributed by atoms with van der Waals surface area (Å²) in [4.78, 5) is 14.3. The fourth-order valence-corrected chi connectivity index (χ4v) is 6.18. The Bertz CT molecular complexity index is 1510. The van der Waals surface area contributed by atoms with Gasteiger partial charge in [0, 0.05) is 12.1 Å². The molecule has 0 aliphatic carbocycles. The van der Waals surface area contributed by atoms with E-state index in [-0.39, 0.29) is 4.90 Å². The van der Waals surface area contributed by atoms with Crippen molar-refractivity contribution in [3.05, 3.63) is 54.4 Å². The van der Waals surface area contributed by atoms with E-state index >= 15 is 0 Å². The zero-order chi connectivity index (χ0) is 26.8. The average molecular weight is 543 g/mol. The summed E-state index contributed by atoms with van der Waals surface area (Å²) >= 11 is 1.41. The minimum atomic E-state index is -3.60. The summed E-state index contributed by atoms with van der Waals surface area (Å²) in [5.74, 6) is 1.68. The molecule has 0 atom stereocenters. The van der Waals surface area contributed by atoms with E-state index in [0.717, 1.165) is 10.5 Å². The smallest absolute Gasteiger partial charge is 0.241 e. The van der Waals surface area contributed by atoms with Crippen LogP contribution in [-0.4, -0.2) is 47.7 Å². The van der Waals surface area contributed by atoms with Crippen LogP contribution in [-0.2, 0) is 23.0 Å². The van der Waals surface area contributed by atoms with Gasteiger partial charge >= 0.3 is 0 Å². The molecule has 2 aromatic heterocycles. The number of ether oxygens (including phenoxy) is 2. The minimum Gasteiger partial charge on any atom is -0.497 e. The molecule has 4 aromatic rings. The van der Waals surface area contributed by atoms with Crippen molar-refractivity contribution in [1.82, 2.24) is 24.2 Å². The molecule has 4 rings (SSSR count). The number of aromatic nitrogens is 4. The van der Waals surface area contributed by atoms with Crippen molar-refractivity contribution in [2.45, 2.75) is 54.2 Å². The Balaban J connectivity index is 1.63. The molecule has 0 unspecified atom stereocenters. The van der Waals surface area contributed by atoms with Crippen molar-refractivity contribution >= 4 is 38.8 Å². The summed E-state index contributed by atoms with van der Waals surface area (Å²) < 4.78 is 40.8. The summed E-state index contributed by atoms with van der Waals surface area (Å²) in [5.41, 5.74) is 7.63. The van der Waals surface area contributed by atoms with Gasteiger partial charge in [0.25, 0.3) is 0 Å². The fourth-order valence-electron chi connectivity index (χ4n) is 3.71. The van der Waals surface area contributed by atoms with Crippen molar-refractivity contribution in [1.29, 1.82) is 0 Å². The van der Waals surface area contributed by atoms with Crippen molar-refractivity contribution in [2.75, 3.05) is 20.0 Å². The number of imidazole rings is 1. The third-order valence-corrected chi connectivity index (χ3v) is 8.20. The highest BCUT2D eigenvalue weighted by molar-refractivity contribution is 7.99. The highest BCUT2D eigenvalue weighted by Crippen LogP contribution is 2.38. The number of hydrogen-bond acceptors (Lipinski definition) is 9. The number of fused-ring (bicyclic) bond motifs is 1. The molecule has 12 heteroatoms. The first-order valence-corrected chi connectivity index (χ1v) is 13.8. The van der Waals surface area contributed by atoms with Crippen LogP contribution in [0.25, 0.3) is 11.2 Å². The van der Waals surface area contributed by atoms with E-state index in [9.17, 15) is 8.42 Å². The number of anilines is 1. The first kappa shape index (κ1) is 26.7. The molecule has 196 valence electrons. The maximum Gasteiger partial charge on any atom is 0.241 e. The molecule has 0 saturated heterocycles. The molecule has 0 aliphatic rings. The molecule has 37 heavy (non-hydrogen) atoms. The van der Waals surface area contributed by atoms with Gasteiger partial charge in [-0.3, -0.25) is 0 Å². The number of nitrogens with zero attached hydrogens (tertiary/aromatic N) is 4. The predicted octanol–water partition coefficient (Wildman–Crippen LogP) is 3.90. The van der Waals surface area contributed by atoms with Crippen molar-refractivity contribution in [3.63, 3.8) is 0 Å². The highest BCUT2D eigenvalue weighted by atomic mass is 32.2. The zero-order valence-corrected chi connectivity index (χ0v) is 23.0. The van der Waals surface area contributed by atoms with Crippen LogP contribution in [0.2, 0.25) is 0 Å². The Morgan fingerprint density at radius 3 is 2.43 bits per heavy atom. The van der Waals surface area contributed by atoms with E-state index in [2.05, 4.69) is 14.7 Å². The summed E-state index contributed by atoms with van der Waals surface area (Å²) in [7, 11) is -0.383. The van der Waals surface area contributed by atoms with Gasteiger partial charge in [0.05, 0.1) is 24.0 Å². The normalized spacial score (nSPS) is 12.1. The van der Waals surface area contributed by atoms with Crippen LogP contribution in [0.5, 0.6) is 11.5 Å². The van der Waals surface area contributed by atoms with E-state index in [4.69, 9.17) is 20.2 Å². The van der Waals surface area contributed by atoms with Gasteiger partial charge in [-0.1, -0.05) is 12.1 Å². The van der Waals surface area contributed by atoms with E-state index in [1.54, 1.807) is 47.1 Å². The number of nitrogens with one attached hydrogen (secondary N) is 1. The van der Waals surface area contributed by atoms with Gasteiger partial charge in [-0.15, -0.1) is 0 Å². The molecular weight excluding hydrogens is 512 g/mol. The second kappa shape index (κ2) is 10.6. The van der Waals surface area contributed by atoms with Crippen LogP contribution in [0.3, 0.4) is 0 Å². The number of methoxy groups -OCH3 is 2. The van der Waals surface area contributed by atoms with Crippen LogP contribution < -0.4 is 19.9 Å². The maximum absolute atomic E-state index is 12.6. The molecule has 0 aliphatic heterocycles. The first-order chi connectivity index (χ1) is 17.5. The Morgan fingerprint density at radius 1 is 1.05 bits per heavy atom. The molecule has 0 fully saturated rings. The second-order valence-corrected chi connectivity index (χ2v) is 12.0. The third-order valence-electron chi connectivity index (χ3n) is 5.40. The van der Waals surface area contributed by atoms with E-state index in [0.29, 0.717) is 46.6 Å². The lowest BCUT2D eigenvalue weighted by Crippen LogP contribution is -2.40. The van der Waals surface area contributed by atoms with Gasteiger partial charge in [0.2, 0.25) is 10.0 Å². The lowest BCUT2D eigenvalue weighted by atomic mass is 10.1. The van der Waals surface area contributed by atoms with Crippen LogP contribution >= 0.6 is 11.8 Å². The molecule has 0 radical (unpaired) electrons. The molecule has 10 nitrogen and oxygen atoms in total. The van der Waals surface area contributed by atoms with Crippen LogP contribution in [0.1, 0.15) is 26.3 Å².